The first-order valence-corrected chi connectivity index (χ1v) is 7.70. The third kappa shape index (κ3) is 5.58. The number of tetrazole rings is 1. The molecular formula is C15H13Cl2FN6O3. The van der Waals surface area contributed by atoms with Crippen molar-refractivity contribution in [3.8, 4) is 17.3 Å². The molecule has 0 saturated heterocycles. The highest BCUT2D eigenvalue weighted by Gasteiger charge is 2.09. The van der Waals surface area contributed by atoms with Gasteiger partial charge in [0.05, 0.1) is 23.8 Å². The van der Waals surface area contributed by atoms with Gasteiger partial charge in [0.2, 0.25) is 0 Å². The van der Waals surface area contributed by atoms with Gasteiger partial charge in [0.15, 0.2) is 11.6 Å². The van der Waals surface area contributed by atoms with Gasteiger partial charge < -0.3 is 9.84 Å². The number of aromatic nitrogens is 5. The zero-order chi connectivity index (χ0) is 18.5. The third-order valence-electron chi connectivity index (χ3n) is 3.07. The van der Waals surface area contributed by atoms with E-state index in [2.05, 4.69) is 25.7 Å². The van der Waals surface area contributed by atoms with Gasteiger partial charge in [-0.2, -0.15) is 0 Å². The highest BCUT2D eigenvalue weighted by molar-refractivity contribution is 6.30. The van der Waals surface area contributed by atoms with E-state index in [0.29, 0.717) is 17.3 Å². The quantitative estimate of drug-likeness (QED) is 0.604. The Kier molecular flexibility index (Phi) is 6.99. The average Bonchev–Trinajstić information content (AvgIpc) is 3.06. The van der Waals surface area contributed by atoms with Crippen LogP contribution in [0.5, 0.6) is 11.6 Å². The summed E-state index contributed by atoms with van der Waals surface area (Å²) >= 11 is 5.64. The SMILES string of the molecule is Cl.O=C(O)CNCc1nnn(-c2ccc(Oc3ncc(Cl)cc3F)cc2)n1. The van der Waals surface area contributed by atoms with E-state index in [1.54, 1.807) is 24.3 Å². The van der Waals surface area contributed by atoms with Gasteiger partial charge >= 0.3 is 5.97 Å². The molecular weight excluding hydrogens is 402 g/mol. The molecule has 12 heteroatoms. The smallest absolute Gasteiger partial charge is 0.317 e. The molecule has 2 N–H and O–H groups in total. The molecule has 0 bridgehead atoms. The van der Waals surface area contributed by atoms with Gasteiger partial charge in [0.1, 0.15) is 5.75 Å². The number of carbonyl (C=O) groups is 1. The number of pyridine rings is 1. The molecule has 3 aromatic rings. The zero-order valence-electron chi connectivity index (χ0n) is 13.5. The minimum absolute atomic E-state index is 0. The number of ether oxygens (including phenoxy) is 1. The Morgan fingerprint density at radius 3 is 2.74 bits per heavy atom. The molecule has 9 nitrogen and oxygen atoms in total. The Balaban J connectivity index is 0.00000261. The van der Waals surface area contributed by atoms with Crippen molar-refractivity contribution in [3.05, 3.63) is 53.2 Å². The normalized spacial score (nSPS) is 10.3. The van der Waals surface area contributed by atoms with Gasteiger partial charge in [-0.1, -0.05) is 11.6 Å². The Bertz CT molecular complexity index is 922. The third-order valence-corrected chi connectivity index (χ3v) is 3.28. The van der Waals surface area contributed by atoms with E-state index >= 15 is 0 Å². The number of aliphatic carboxylic acids is 1. The maximum absolute atomic E-state index is 13.7. The number of nitrogens with zero attached hydrogens (tertiary/aromatic N) is 5. The summed E-state index contributed by atoms with van der Waals surface area (Å²) in [6, 6.07) is 7.60. The zero-order valence-corrected chi connectivity index (χ0v) is 15.1. The number of benzene rings is 1. The molecule has 0 fully saturated rings. The lowest BCUT2D eigenvalue weighted by Gasteiger charge is -2.06. The number of hydrogen-bond donors (Lipinski definition) is 2. The summed E-state index contributed by atoms with van der Waals surface area (Å²) in [7, 11) is 0. The summed E-state index contributed by atoms with van der Waals surface area (Å²) in [5.74, 6) is -1.12. The van der Waals surface area contributed by atoms with Crippen LogP contribution in [0.4, 0.5) is 4.39 Å². The highest BCUT2D eigenvalue weighted by atomic mass is 35.5. The van der Waals surface area contributed by atoms with Crippen LogP contribution in [0, 0.1) is 5.82 Å². The molecule has 1 aromatic carbocycles. The van der Waals surface area contributed by atoms with E-state index in [0.717, 1.165) is 6.07 Å². The van der Waals surface area contributed by atoms with Gasteiger partial charge in [-0.05, 0) is 35.5 Å². The van der Waals surface area contributed by atoms with E-state index < -0.39 is 11.8 Å². The second kappa shape index (κ2) is 9.21. The Morgan fingerprint density at radius 1 is 1.33 bits per heavy atom. The van der Waals surface area contributed by atoms with Gasteiger partial charge in [0, 0.05) is 6.20 Å². The summed E-state index contributed by atoms with van der Waals surface area (Å²) in [5.41, 5.74) is 0.596. The number of halogens is 3. The van der Waals surface area contributed by atoms with Crippen LogP contribution in [0.2, 0.25) is 5.02 Å². The average molecular weight is 415 g/mol. The molecule has 0 unspecified atom stereocenters. The van der Waals surface area contributed by atoms with Crippen LogP contribution in [0.25, 0.3) is 5.69 Å². The molecule has 2 heterocycles. The van der Waals surface area contributed by atoms with Crippen molar-refractivity contribution in [2.24, 2.45) is 0 Å². The Hall–Kier alpha value is -2.82. The van der Waals surface area contributed by atoms with Gasteiger partial charge in [-0.25, -0.2) is 9.37 Å². The lowest BCUT2D eigenvalue weighted by atomic mass is 10.3. The fraction of sp³-hybridized carbons (Fsp3) is 0.133. The molecule has 142 valence electrons. The minimum atomic E-state index is -0.973. The molecule has 0 saturated carbocycles. The van der Waals surface area contributed by atoms with Crippen LogP contribution in [0.15, 0.2) is 36.5 Å². The maximum atomic E-state index is 13.7. The molecule has 0 aliphatic rings. The summed E-state index contributed by atoms with van der Waals surface area (Å²) in [6.45, 7) is -0.0229. The fourth-order valence-corrected chi connectivity index (χ4v) is 2.09. The molecule has 0 aliphatic carbocycles. The van der Waals surface area contributed by atoms with Crippen LogP contribution < -0.4 is 10.1 Å². The standard InChI is InChI=1S/C15H12ClFN6O3.ClH/c16-9-5-12(17)15(19-6-9)26-11-3-1-10(2-4-11)23-21-13(20-22-23)7-18-8-14(24)25;/h1-6,18H,7-8H2,(H,24,25);1H. The summed E-state index contributed by atoms with van der Waals surface area (Å²) in [6.07, 6.45) is 1.29. The number of carboxylic acids is 1. The van der Waals surface area contributed by atoms with Gasteiger partial charge in [0.25, 0.3) is 5.88 Å². The summed E-state index contributed by atoms with van der Waals surface area (Å²) in [4.78, 5) is 15.5. The minimum Gasteiger partial charge on any atom is -0.480 e. The van der Waals surface area contributed by atoms with Crippen LogP contribution in [-0.2, 0) is 11.3 Å². The number of rotatable bonds is 7. The highest BCUT2D eigenvalue weighted by Crippen LogP contribution is 2.24. The van der Waals surface area contributed by atoms with Crippen LogP contribution in [-0.4, -0.2) is 42.8 Å². The maximum Gasteiger partial charge on any atom is 0.317 e. The molecule has 0 spiro atoms. The van der Waals surface area contributed by atoms with E-state index in [9.17, 15) is 9.18 Å². The summed E-state index contributed by atoms with van der Waals surface area (Å²) in [5, 5.41) is 23.2. The molecule has 0 atom stereocenters. The van der Waals surface area contributed by atoms with Crippen molar-refractivity contribution in [2.75, 3.05) is 6.54 Å². The van der Waals surface area contributed by atoms with Crippen molar-refractivity contribution in [1.29, 1.82) is 0 Å². The fourth-order valence-electron chi connectivity index (χ4n) is 1.94. The lowest BCUT2D eigenvalue weighted by molar-refractivity contribution is -0.136. The number of carboxylic acid groups (broad SMARTS) is 1. The number of nitrogens with one attached hydrogen (secondary N) is 1. The van der Waals surface area contributed by atoms with Crippen molar-refractivity contribution < 1.29 is 19.0 Å². The molecule has 0 amide bonds. The Morgan fingerprint density at radius 2 is 2.07 bits per heavy atom. The van der Waals surface area contributed by atoms with Crippen molar-refractivity contribution in [1.82, 2.24) is 30.5 Å². The predicted octanol–water partition coefficient (Wildman–Crippen LogP) is 2.24. The van der Waals surface area contributed by atoms with E-state index in [1.807, 2.05) is 0 Å². The van der Waals surface area contributed by atoms with E-state index in [1.165, 1.54) is 11.0 Å². The van der Waals surface area contributed by atoms with Crippen molar-refractivity contribution >= 4 is 30.0 Å². The monoisotopic (exact) mass is 414 g/mol. The first kappa shape index (κ1) is 20.5. The summed E-state index contributed by atoms with van der Waals surface area (Å²) < 4.78 is 19.0. The first-order valence-electron chi connectivity index (χ1n) is 7.32. The van der Waals surface area contributed by atoms with Gasteiger partial charge in [-0.15, -0.1) is 27.4 Å². The van der Waals surface area contributed by atoms with Crippen LogP contribution >= 0.6 is 24.0 Å². The number of hydrogen-bond acceptors (Lipinski definition) is 7. The Labute approximate surface area is 163 Å². The first-order chi connectivity index (χ1) is 12.5. The molecule has 0 radical (unpaired) electrons. The van der Waals surface area contributed by atoms with Crippen molar-refractivity contribution in [2.45, 2.75) is 6.54 Å². The second-order valence-electron chi connectivity index (χ2n) is 5.03. The van der Waals surface area contributed by atoms with Crippen molar-refractivity contribution in [3.63, 3.8) is 0 Å². The van der Waals surface area contributed by atoms with Crippen LogP contribution in [0.3, 0.4) is 0 Å². The van der Waals surface area contributed by atoms with E-state index in [4.69, 9.17) is 21.4 Å². The second-order valence-corrected chi connectivity index (χ2v) is 5.47. The predicted molar refractivity (Wildman–Crippen MR) is 95.0 cm³/mol. The van der Waals surface area contributed by atoms with Gasteiger partial charge in [-0.3, -0.25) is 10.1 Å². The topological polar surface area (TPSA) is 115 Å². The van der Waals surface area contributed by atoms with Crippen LogP contribution in [0.1, 0.15) is 5.82 Å². The molecule has 3 rings (SSSR count). The molecule has 2 aromatic heterocycles. The lowest BCUT2D eigenvalue weighted by Crippen LogP contribution is -2.22. The largest absolute Gasteiger partial charge is 0.480 e. The molecule has 27 heavy (non-hydrogen) atoms. The molecule has 0 aliphatic heterocycles. The van der Waals surface area contributed by atoms with E-state index in [-0.39, 0.29) is 36.4 Å².